The number of amides is 2. The van der Waals surface area contributed by atoms with E-state index in [2.05, 4.69) is 20.4 Å². The van der Waals surface area contributed by atoms with Crippen LogP contribution < -0.4 is 5.32 Å². The minimum absolute atomic E-state index is 0.106. The van der Waals surface area contributed by atoms with E-state index < -0.39 is 29.3 Å². The lowest BCUT2D eigenvalue weighted by Gasteiger charge is -2.34. The summed E-state index contributed by atoms with van der Waals surface area (Å²) in [5.41, 5.74) is 0.953. The first-order valence-electron chi connectivity index (χ1n) is 8.58. The van der Waals surface area contributed by atoms with Crippen LogP contribution in [0.15, 0.2) is 30.7 Å². The van der Waals surface area contributed by atoms with Crippen LogP contribution in [0.25, 0.3) is 11.4 Å². The molecule has 1 aromatic carbocycles. The predicted molar refractivity (Wildman–Crippen MR) is 93.6 cm³/mol. The zero-order valence-corrected chi connectivity index (χ0v) is 15.0. The summed E-state index contributed by atoms with van der Waals surface area (Å²) >= 11 is 0. The quantitative estimate of drug-likeness (QED) is 0.523. The second-order valence-electron chi connectivity index (χ2n) is 6.57. The minimum Gasteiger partial charge on any atom is -0.314 e. The number of nitrogens with zero attached hydrogens (tertiary/aromatic N) is 5. The summed E-state index contributed by atoms with van der Waals surface area (Å²) in [6, 6.07) is 0.487. The minimum atomic E-state index is -1.61. The van der Waals surface area contributed by atoms with Gasteiger partial charge in [-0.2, -0.15) is 5.10 Å². The summed E-state index contributed by atoms with van der Waals surface area (Å²) in [7, 11) is 0. The van der Waals surface area contributed by atoms with Crippen molar-refractivity contribution in [2.24, 2.45) is 0 Å². The molecule has 0 bridgehead atoms. The van der Waals surface area contributed by atoms with Crippen LogP contribution in [0, 0.1) is 23.3 Å². The van der Waals surface area contributed by atoms with E-state index in [-0.39, 0.29) is 24.1 Å². The van der Waals surface area contributed by atoms with Gasteiger partial charge in [0.15, 0.2) is 29.1 Å². The van der Waals surface area contributed by atoms with Crippen LogP contribution in [0.4, 0.5) is 28.0 Å². The number of aromatic nitrogens is 4. The molecule has 29 heavy (non-hydrogen) atoms. The Morgan fingerprint density at radius 2 is 1.76 bits per heavy atom. The Bertz CT molecular complexity index is 1060. The molecular weight excluding hydrogens is 392 g/mol. The van der Waals surface area contributed by atoms with Gasteiger partial charge >= 0.3 is 6.03 Å². The monoisotopic (exact) mass is 406 g/mol. The third kappa shape index (κ3) is 3.50. The van der Waals surface area contributed by atoms with Crippen LogP contribution in [0.3, 0.4) is 0 Å². The average Bonchev–Trinajstić information content (AvgIpc) is 3.08. The summed E-state index contributed by atoms with van der Waals surface area (Å²) in [6.45, 7) is 2.25. The van der Waals surface area contributed by atoms with Gasteiger partial charge in [-0.3, -0.25) is 4.68 Å². The van der Waals surface area contributed by atoms with Gasteiger partial charge in [-0.25, -0.2) is 32.3 Å². The van der Waals surface area contributed by atoms with Gasteiger partial charge in [-0.05, 0) is 6.92 Å². The SMILES string of the molecule is C[C@H]1Cn2ncc(-c3ncc(F)cn3)c2CN1C(=O)Nc1cc(F)c(F)c(F)c1. The summed E-state index contributed by atoms with van der Waals surface area (Å²) in [5, 5.41) is 6.63. The Balaban J connectivity index is 1.59. The maximum atomic E-state index is 13.4. The molecule has 0 saturated carbocycles. The van der Waals surface area contributed by atoms with E-state index in [1.165, 1.54) is 11.1 Å². The van der Waals surface area contributed by atoms with Crippen LogP contribution in [-0.4, -0.2) is 36.7 Å². The molecule has 150 valence electrons. The van der Waals surface area contributed by atoms with Crippen molar-refractivity contribution < 1.29 is 22.4 Å². The van der Waals surface area contributed by atoms with Crippen molar-refractivity contribution in [1.29, 1.82) is 0 Å². The van der Waals surface area contributed by atoms with Gasteiger partial charge in [-0.15, -0.1) is 0 Å². The first kappa shape index (κ1) is 18.8. The van der Waals surface area contributed by atoms with Crippen molar-refractivity contribution >= 4 is 11.7 Å². The van der Waals surface area contributed by atoms with Crippen LogP contribution in [-0.2, 0) is 13.1 Å². The first-order valence-corrected chi connectivity index (χ1v) is 8.58. The van der Waals surface area contributed by atoms with Crippen molar-refractivity contribution in [1.82, 2.24) is 24.6 Å². The highest BCUT2D eigenvalue weighted by Crippen LogP contribution is 2.27. The lowest BCUT2D eigenvalue weighted by molar-refractivity contribution is 0.161. The maximum absolute atomic E-state index is 13.4. The van der Waals surface area contributed by atoms with E-state index in [0.29, 0.717) is 29.9 Å². The average molecular weight is 406 g/mol. The second-order valence-corrected chi connectivity index (χ2v) is 6.57. The molecule has 0 fully saturated rings. The summed E-state index contributed by atoms with van der Waals surface area (Å²) < 4.78 is 54.7. The number of benzene rings is 1. The maximum Gasteiger partial charge on any atom is 0.322 e. The normalized spacial score (nSPS) is 15.9. The molecule has 0 radical (unpaired) electrons. The largest absolute Gasteiger partial charge is 0.322 e. The molecule has 4 rings (SSSR count). The number of nitrogens with one attached hydrogen (secondary N) is 1. The van der Waals surface area contributed by atoms with E-state index >= 15 is 0 Å². The molecule has 3 aromatic rings. The van der Waals surface area contributed by atoms with Crippen LogP contribution in [0.1, 0.15) is 12.6 Å². The molecule has 1 aliphatic heterocycles. The third-order valence-electron chi connectivity index (χ3n) is 4.60. The molecule has 0 aliphatic carbocycles. The van der Waals surface area contributed by atoms with Crippen molar-refractivity contribution in [3.63, 3.8) is 0 Å². The molecule has 2 amide bonds. The Kier molecular flexibility index (Phi) is 4.65. The molecule has 1 N–H and O–H groups in total. The van der Waals surface area contributed by atoms with Crippen LogP contribution in [0.2, 0.25) is 0 Å². The van der Waals surface area contributed by atoms with Crippen molar-refractivity contribution in [3.05, 3.63) is 59.7 Å². The van der Waals surface area contributed by atoms with Crippen LogP contribution in [0.5, 0.6) is 0 Å². The molecule has 3 heterocycles. The first-order chi connectivity index (χ1) is 13.8. The van der Waals surface area contributed by atoms with E-state index in [1.54, 1.807) is 11.6 Å². The highest BCUT2D eigenvalue weighted by Gasteiger charge is 2.30. The van der Waals surface area contributed by atoms with Gasteiger partial charge in [0.2, 0.25) is 0 Å². The predicted octanol–water partition coefficient (Wildman–Crippen LogP) is 3.33. The number of hydrogen-bond acceptors (Lipinski definition) is 4. The van der Waals surface area contributed by atoms with E-state index in [0.717, 1.165) is 12.4 Å². The summed E-state index contributed by atoms with van der Waals surface area (Å²) in [6.07, 6.45) is 3.58. The van der Waals surface area contributed by atoms with Gasteiger partial charge in [0, 0.05) is 17.8 Å². The van der Waals surface area contributed by atoms with E-state index in [9.17, 15) is 22.4 Å². The summed E-state index contributed by atoms with van der Waals surface area (Å²) in [5.74, 6) is -4.74. The van der Waals surface area contributed by atoms with E-state index in [1.807, 2.05) is 0 Å². The summed E-state index contributed by atoms with van der Waals surface area (Å²) in [4.78, 5) is 22.0. The molecule has 0 saturated heterocycles. The standard InChI is InChI=1S/C18H14F4N6O/c1-9-7-28-15(12(6-25-28)17-23-4-10(19)5-24-17)8-27(9)18(29)26-11-2-13(20)16(22)14(21)3-11/h2-6,9H,7-8H2,1H3,(H,26,29)/t9-/m0/s1. The lowest BCUT2D eigenvalue weighted by atomic mass is 10.1. The number of rotatable bonds is 2. The van der Waals surface area contributed by atoms with E-state index in [4.69, 9.17) is 0 Å². The van der Waals surface area contributed by atoms with Gasteiger partial charge in [0.05, 0.1) is 49.0 Å². The number of carbonyl (C=O) groups is 1. The topological polar surface area (TPSA) is 75.9 Å². The fourth-order valence-electron chi connectivity index (χ4n) is 3.13. The number of anilines is 1. The molecule has 2 aromatic heterocycles. The highest BCUT2D eigenvalue weighted by molar-refractivity contribution is 5.89. The van der Waals surface area contributed by atoms with Crippen molar-refractivity contribution in [3.8, 4) is 11.4 Å². The Labute approximate surface area is 162 Å². The highest BCUT2D eigenvalue weighted by atomic mass is 19.2. The zero-order valence-electron chi connectivity index (χ0n) is 15.0. The molecule has 1 aliphatic rings. The Morgan fingerprint density at radius 1 is 1.10 bits per heavy atom. The number of hydrogen-bond donors (Lipinski definition) is 1. The molecule has 7 nitrogen and oxygen atoms in total. The molecule has 0 unspecified atom stereocenters. The van der Waals surface area contributed by atoms with Gasteiger partial charge in [0.1, 0.15) is 0 Å². The fourth-order valence-corrected chi connectivity index (χ4v) is 3.13. The lowest BCUT2D eigenvalue weighted by Crippen LogP contribution is -2.47. The second kappa shape index (κ2) is 7.15. The zero-order chi connectivity index (χ0) is 20.7. The van der Waals surface area contributed by atoms with Crippen LogP contribution >= 0.6 is 0 Å². The Morgan fingerprint density at radius 3 is 2.41 bits per heavy atom. The van der Waals surface area contributed by atoms with Gasteiger partial charge in [0.25, 0.3) is 0 Å². The fraction of sp³-hybridized carbons (Fsp3) is 0.222. The smallest absolute Gasteiger partial charge is 0.314 e. The van der Waals surface area contributed by atoms with Crippen molar-refractivity contribution in [2.75, 3.05) is 5.32 Å². The number of urea groups is 1. The number of halogens is 4. The molecule has 0 spiro atoms. The van der Waals surface area contributed by atoms with Gasteiger partial charge in [-0.1, -0.05) is 0 Å². The molecule has 11 heteroatoms. The molecule has 1 atom stereocenters. The number of fused-ring (bicyclic) bond motifs is 1. The molecular formula is C18H14F4N6O. The Hall–Kier alpha value is -3.50. The number of carbonyl (C=O) groups excluding carboxylic acids is 1. The third-order valence-corrected chi connectivity index (χ3v) is 4.60. The van der Waals surface area contributed by atoms with Crippen molar-refractivity contribution in [2.45, 2.75) is 26.1 Å². The van der Waals surface area contributed by atoms with Gasteiger partial charge < -0.3 is 10.2 Å².